The number of hydrogen-bond acceptors (Lipinski definition) is 2. The van der Waals surface area contributed by atoms with Crippen LogP contribution in [0.15, 0.2) is 42.5 Å². The number of hydrogen-bond donors (Lipinski definition) is 1. The summed E-state index contributed by atoms with van der Waals surface area (Å²) in [5, 5.41) is 3.03. The number of rotatable bonds is 4. The molecule has 4 heteroatoms. The Bertz CT molecular complexity index is 524. The third kappa shape index (κ3) is 3.12. The minimum Gasteiger partial charge on any atom is -0.345 e. The number of nitrogens with one attached hydrogen (secondary N) is 1. The molecule has 2 rings (SSSR count). The Labute approximate surface area is 116 Å². The summed E-state index contributed by atoms with van der Waals surface area (Å²) in [5.74, 6) is -0.0670. The van der Waals surface area contributed by atoms with Gasteiger partial charge in [-0.2, -0.15) is 0 Å². The lowest BCUT2D eigenvalue weighted by Gasteiger charge is -2.16. The summed E-state index contributed by atoms with van der Waals surface area (Å²) in [4.78, 5) is 12.7. The van der Waals surface area contributed by atoms with Crippen LogP contribution in [0, 0.1) is 0 Å². The Morgan fingerprint density at radius 1 is 1.28 bits per heavy atom. The molecule has 0 spiro atoms. The Morgan fingerprint density at radius 3 is 2.56 bits per heavy atom. The van der Waals surface area contributed by atoms with E-state index in [4.69, 9.17) is 11.6 Å². The average molecular weight is 280 g/mol. The van der Waals surface area contributed by atoms with Crippen molar-refractivity contribution < 1.29 is 4.79 Å². The molecule has 0 radical (unpaired) electrons. The first-order valence-electron chi connectivity index (χ1n) is 5.82. The summed E-state index contributed by atoms with van der Waals surface area (Å²) in [6, 6.07) is 13.5. The number of thiophene rings is 1. The smallest absolute Gasteiger partial charge is 0.261 e. The fourth-order valence-electron chi connectivity index (χ4n) is 1.77. The van der Waals surface area contributed by atoms with Crippen molar-refractivity contribution in [2.45, 2.75) is 19.4 Å². The molecule has 0 saturated carbocycles. The first kappa shape index (κ1) is 13.1. The normalized spacial score (nSPS) is 12.1. The van der Waals surface area contributed by atoms with Crippen LogP contribution in [0.5, 0.6) is 0 Å². The SMILES string of the molecule is CC[C@@H](NC(=O)c1ccc(Cl)s1)c1ccccc1. The molecule has 2 aromatic rings. The van der Waals surface area contributed by atoms with E-state index < -0.39 is 0 Å². The van der Waals surface area contributed by atoms with Gasteiger partial charge in [0.15, 0.2) is 0 Å². The molecule has 1 N–H and O–H groups in total. The van der Waals surface area contributed by atoms with E-state index in [0.717, 1.165) is 12.0 Å². The van der Waals surface area contributed by atoms with Crippen molar-refractivity contribution in [3.8, 4) is 0 Å². The lowest BCUT2D eigenvalue weighted by Crippen LogP contribution is -2.27. The molecule has 0 aliphatic rings. The largest absolute Gasteiger partial charge is 0.345 e. The van der Waals surface area contributed by atoms with Crippen molar-refractivity contribution in [2.75, 3.05) is 0 Å². The fourth-order valence-corrected chi connectivity index (χ4v) is 2.72. The van der Waals surface area contributed by atoms with Gasteiger partial charge in [-0.15, -0.1) is 11.3 Å². The molecule has 0 unspecified atom stereocenters. The molecule has 2 nitrogen and oxygen atoms in total. The first-order valence-corrected chi connectivity index (χ1v) is 7.01. The molecule has 18 heavy (non-hydrogen) atoms. The number of amides is 1. The molecule has 1 aromatic heterocycles. The van der Waals surface area contributed by atoms with Crippen molar-refractivity contribution in [1.82, 2.24) is 5.32 Å². The van der Waals surface area contributed by atoms with E-state index in [2.05, 4.69) is 12.2 Å². The third-order valence-corrected chi connectivity index (χ3v) is 3.94. The maximum Gasteiger partial charge on any atom is 0.261 e. The van der Waals surface area contributed by atoms with Crippen molar-refractivity contribution in [2.24, 2.45) is 0 Å². The van der Waals surface area contributed by atoms with Crippen LogP contribution in [0.1, 0.15) is 34.6 Å². The second-order valence-electron chi connectivity index (χ2n) is 3.95. The highest BCUT2D eigenvalue weighted by molar-refractivity contribution is 7.17. The Morgan fingerprint density at radius 2 is 2.00 bits per heavy atom. The van der Waals surface area contributed by atoms with Crippen LogP contribution in [0.3, 0.4) is 0 Å². The molecule has 0 saturated heterocycles. The van der Waals surface area contributed by atoms with Crippen molar-refractivity contribution in [3.63, 3.8) is 0 Å². The summed E-state index contributed by atoms with van der Waals surface area (Å²) in [6.07, 6.45) is 0.856. The second-order valence-corrected chi connectivity index (χ2v) is 5.66. The molecule has 1 aromatic carbocycles. The predicted octanol–water partition coefficient (Wildman–Crippen LogP) is 4.28. The van der Waals surface area contributed by atoms with Gasteiger partial charge in [0.2, 0.25) is 0 Å². The highest BCUT2D eigenvalue weighted by Gasteiger charge is 2.15. The monoisotopic (exact) mass is 279 g/mol. The Hall–Kier alpha value is -1.32. The van der Waals surface area contributed by atoms with Gasteiger partial charge >= 0.3 is 0 Å². The van der Waals surface area contributed by atoms with E-state index in [1.165, 1.54) is 11.3 Å². The molecular formula is C14H14ClNOS. The zero-order chi connectivity index (χ0) is 13.0. The highest BCUT2D eigenvalue weighted by atomic mass is 35.5. The Kier molecular flexibility index (Phi) is 4.39. The minimum atomic E-state index is -0.0670. The van der Waals surface area contributed by atoms with Crippen LogP contribution < -0.4 is 5.32 Å². The molecule has 1 amide bonds. The van der Waals surface area contributed by atoms with Crippen LogP contribution >= 0.6 is 22.9 Å². The molecular weight excluding hydrogens is 266 g/mol. The number of carbonyl (C=O) groups is 1. The van der Waals surface area contributed by atoms with E-state index in [-0.39, 0.29) is 11.9 Å². The summed E-state index contributed by atoms with van der Waals surface area (Å²) >= 11 is 7.13. The number of halogens is 1. The average Bonchev–Trinajstić information content (AvgIpc) is 2.83. The van der Waals surface area contributed by atoms with E-state index in [1.807, 2.05) is 30.3 Å². The molecule has 1 heterocycles. The van der Waals surface area contributed by atoms with E-state index in [1.54, 1.807) is 12.1 Å². The van der Waals surface area contributed by atoms with Gasteiger partial charge in [0, 0.05) is 0 Å². The van der Waals surface area contributed by atoms with E-state index >= 15 is 0 Å². The minimum absolute atomic E-state index is 0.0413. The van der Waals surface area contributed by atoms with Gasteiger partial charge in [0.25, 0.3) is 5.91 Å². The molecule has 0 bridgehead atoms. The lowest BCUT2D eigenvalue weighted by atomic mass is 10.0. The van der Waals surface area contributed by atoms with Gasteiger partial charge in [-0.3, -0.25) is 4.79 Å². The van der Waals surface area contributed by atoms with E-state index in [0.29, 0.717) is 9.21 Å². The van der Waals surface area contributed by atoms with Gasteiger partial charge in [0.05, 0.1) is 15.3 Å². The zero-order valence-corrected chi connectivity index (χ0v) is 11.6. The summed E-state index contributed by atoms with van der Waals surface area (Å²) in [6.45, 7) is 2.05. The third-order valence-electron chi connectivity index (χ3n) is 2.71. The number of carbonyl (C=O) groups excluding carboxylic acids is 1. The maximum atomic E-state index is 12.0. The van der Waals surface area contributed by atoms with Crippen LogP contribution in [-0.4, -0.2) is 5.91 Å². The lowest BCUT2D eigenvalue weighted by molar-refractivity contribution is 0.0939. The second kappa shape index (κ2) is 6.03. The zero-order valence-electron chi connectivity index (χ0n) is 10.0. The summed E-state index contributed by atoms with van der Waals surface area (Å²) in [7, 11) is 0. The quantitative estimate of drug-likeness (QED) is 0.889. The first-order chi connectivity index (χ1) is 8.70. The van der Waals surface area contributed by atoms with Crippen molar-refractivity contribution >= 4 is 28.8 Å². The number of benzene rings is 1. The maximum absolute atomic E-state index is 12.0. The summed E-state index contributed by atoms with van der Waals surface area (Å²) < 4.78 is 0.632. The van der Waals surface area contributed by atoms with Crippen LogP contribution in [0.25, 0.3) is 0 Å². The van der Waals surface area contributed by atoms with Gasteiger partial charge in [-0.25, -0.2) is 0 Å². The Balaban J connectivity index is 2.10. The topological polar surface area (TPSA) is 29.1 Å². The molecule has 0 aliphatic carbocycles. The molecule has 94 valence electrons. The standard InChI is InChI=1S/C14H14ClNOS/c1-2-11(10-6-4-3-5-7-10)16-14(17)12-8-9-13(15)18-12/h3-9,11H,2H2,1H3,(H,16,17)/t11-/m1/s1. The van der Waals surface area contributed by atoms with Crippen molar-refractivity contribution in [3.05, 3.63) is 57.2 Å². The molecule has 0 fully saturated rings. The van der Waals surface area contributed by atoms with Gasteiger partial charge in [-0.05, 0) is 24.1 Å². The highest BCUT2D eigenvalue weighted by Crippen LogP contribution is 2.23. The molecule has 1 atom stereocenters. The van der Waals surface area contributed by atoms with Gasteiger partial charge < -0.3 is 5.32 Å². The van der Waals surface area contributed by atoms with Gasteiger partial charge in [0.1, 0.15) is 0 Å². The van der Waals surface area contributed by atoms with E-state index in [9.17, 15) is 4.79 Å². The molecule has 0 aliphatic heterocycles. The van der Waals surface area contributed by atoms with Gasteiger partial charge in [-0.1, -0.05) is 48.9 Å². The van der Waals surface area contributed by atoms with Crippen LogP contribution in [-0.2, 0) is 0 Å². The summed E-state index contributed by atoms with van der Waals surface area (Å²) in [5.41, 5.74) is 1.12. The van der Waals surface area contributed by atoms with Crippen molar-refractivity contribution in [1.29, 1.82) is 0 Å². The fraction of sp³-hybridized carbons (Fsp3) is 0.214. The van der Waals surface area contributed by atoms with Crippen LogP contribution in [0.4, 0.5) is 0 Å². The predicted molar refractivity (Wildman–Crippen MR) is 76.3 cm³/mol. The van der Waals surface area contributed by atoms with Crippen LogP contribution in [0.2, 0.25) is 4.34 Å².